The second-order valence-electron chi connectivity index (χ2n) is 5.49. The van der Waals surface area contributed by atoms with Crippen molar-refractivity contribution in [3.05, 3.63) is 58.6 Å². The maximum atomic E-state index is 12.1. The molecule has 124 valence electrons. The molecule has 5 heteroatoms. The number of benzene rings is 2. The van der Waals surface area contributed by atoms with Crippen molar-refractivity contribution in [3.63, 3.8) is 0 Å². The zero-order valence-electron chi connectivity index (χ0n) is 13.7. The lowest BCUT2D eigenvalue weighted by Crippen LogP contribution is -2.20. The van der Waals surface area contributed by atoms with Gasteiger partial charge in [0.05, 0.1) is 10.6 Å². The van der Waals surface area contributed by atoms with E-state index < -0.39 is 0 Å². The molecular weight excluding hydrogens is 324 g/mol. The van der Waals surface area contributed by atoms with E-state index >= 15 is 0 Å². The lowest BCUT2D eigenvalue weighted by molar-refractivity contribution is -0.118. The summed E-state index contributed by atoms with van der Waals surface area (Å²) in [5.41, 5.74) is 1.99. The number of nitriles is 1. The molecular formula is C19H19ClN2O2. The first-order valence-corrected chi connectivity index (χ1v) is 8.14. The Hall–Kier alpha value is -2.51. The van der Waals surface area contributed by atoms with Crippen LogP contribution in [0, 0.1) is 11.3 Å². The van der Waals surface area contributed by atoms with Gasteiger partial charge in [0.1, 0.15) is 11.8 Å². The number of ether oxygens (including phenoxy) is 1. The number of rotatable bonds is 6. The molecule has 0 radical (unpaired) electrons. The van der Waals surface area contributed by atoms with E-state index in [9.17, 15) is 4.79 Å². The van der Waals surface area contributed by atoms with E-state index in [-0.39, 0.29) is 12.5 Å². The van der Waals surface area contributed by atoms with Gasteiger partial charge in [-0.1, -0.05) is 43.6 Å². The molecule has 1 N–H and O–H groups in total. The number of hydrogen-bond acceptors (Lipinski definition) is 3. The third-order valence-electron chi connectivity index (χ3n) is 3.79. The summed E-state index contributed by atoms with van der Waals surface area (Å²) in [6, 6.07) is 14.5. The summed E-state index contributed by atoms with van der Waals surface area (Å²) in [7, 11) is 0. The molecule has 0 aromatic heterocycles. The van der Waals surface area contributed by atoms with Gasteiger partial charge in [-0.25, -0.2) is 0 Å². The number of carbonyl (C=O) groups excluding carboxylic acids is 1. The van der Waals surface area contributed by atoms with Crippen molar-refractivity contribution >= 4 is 23.2 Å². The molecule has 1 unspecified atom stereocenters. The fourth-order valence-corrected chi connectivity index (χ4v) is 2.49. The molecule has 0 saturated heterocycles. The molecule has 2 aromatic rings. The van der Waals surface area contributed by atoms with Crippen LogP contribution in [0.2, 0.25) is 5.02 Å². The van der Waals surface area contributed by atoms with Gasteiger partial charge < -0.3 is 10.1 Å². The zero-order valence-corrected chi connectivity index (χ0v) is 14.4. The van der Waals surface area contributed by atoms with Crippen LogP contribution >= 0.6 is 11.6 Å². The quantitative estimate of drug-likeness (QED) is 0.824. The van der Waals surface area contributed by atoms with E-state index in [1.54, 1.807) is 18.2 Å². The number of amides is 1. The standard InChI is InChI=1S/C19H19ClN2O2/c1-3-13(2)16-6-4-5-7-18(16)24-12-19(23)22-15-9-8-14(11-21)17(20)10-15/h4-10,13H,3,12H2,1-2H3,(H,22,23). The highest BCUT2D eigenvalue weighted by Crippen LogP contribution is 2.28. The largest absolute Gasteiger partial charge is 0.483 e. The van der Waals surface area contributed by atoms with Crippen LogP contribution in [0.5, 0.6) is 5.75 Å². The van der Waals surface area contributed by atoms with Crippen LogP contribution in [0.1, 0.15) is 37.3 Å². The minimum absolute atomic E-state index is 0.0922. The third-order valence-corrected chi connectivity index (χ3v) is 4.11. The molecule has 0 heterocycles. The Balaban J connectivity index is 1.99. The molecule has 0 aliphatic rings. The Labute approximate surface area is 147 Å². The monoisotopic (exact) mass is 342 g/mol. The maximum absolute atomic E-state index is 12.1. The van der Waals surface area contributed by atoms with E-state index in [2.05, 4.69) is 19.2 Å². The van der Waals surface area contributed by atoms with Crippen molar-refractivity contribution in [1.82, 2.24) is 0 Å². The second kappa shape index (κ2) is 8.37. The average molecular weight is 343 g/mol. The van der Waals surface area contributed by atoms with E-state index in [0.29, 0.717) is 22.2 Å². The van der Waals surface area contributed by atoms with Gasteiger partial charge >= 0.3 is 0 Å². The fourth-order valence-electron chi connectivity index (χ4n) is 2.26. The van der Waals surface area contributed by atoms with Gasteiger partial charge in [0.15, 0.2) is 6.61 Å². The van der Waals surface area contributed by atoms with Gasteiger partial charge in [0, 0.05) is 5.69 Å². The van der Waals surface area contributed by atoms with Crippen LogP contribution < -0.4 is 10.1 Å². The summed E-state index contributed by atoms with van der Waals surface area (Å²) in [4.78, 5) is 12.1. The van der Waals surface area contributed by atoms with Crippen molar-refractivity contribution in [2.75, 3.05) is 11.9 Å². The molecule has 2 rings (SSSR count). The third kappa shape index (κ3) is 4.50. The predicted octanol–water partition coefficient (Wildman–Crippen LogP) is 4.74. The Morgan fingerprint density at radius 1 is 1.33 bits per heavy atom. The van der Waals surface area contributed by atoms with E-state index in [4.69, 9.17) is 21.6 Å². The number of halogens is 1. The Kier molecular flexibility index (Phi) is 6.22. The molecule has 1 amide bonds. The summed E-state index contributed by atoms with van der Waals surface area (Å²) >= 11 is 5.95. The van der Waals surface area contributed by atoms with E-state index in [1.807, 2.05) is 30.3 Å². The number of nitrogens with one attached hydrogen (secondary N) is 1. The minimum Gasteiger partial charge on any atom is -0.483 e. The number of hydrogen-bond donors (Lipinski definition) is 1. The molecule has 24 heavy (non-hydrogen) atoms. The maximum Gasteiger partial charge on any atom is 0.262 e. The minimum atomic E-state index is -0.283. The Bertz CT molecular complexity index is 768. The number of para-hydroxylation sites is 1. The van der Waals surface area contributed by atoms with E-state index in [0.717, 1.165) is 17.7 Å². The highest BCUT2D eigenvalue weighted by atomic mass is 35.5. The molecule has 0 aliphatic heterocycles. The van der Waals surface area contributed by atoms with Crippen LogP contribution in [0.15, 0.2) is 42.5 Å². The second-order valence-corrected chi connectivity index (χ2v) is 5.90. The highest BCUT2D eigenvalue weighted by Gasteiger charge is 2.11. The molecule has 1 atom stereocenters. The number of carbonyl (C=O) groups is 1. The first-order chi connectivity index (χ1) is 11.5. The van der Waals surface area contributed by atoms with Crippen LogP contribution in [-0.2, 0) is 4.79 Å². The lowest BCUT2D eigenvalue weighted by atomic mass is 9.98. The fraction of sp³-hybridized carbons (Fsp3) is 0.263. The molecule has 0 spiro atoms. The van der Waals surface area contributed by atoms with Crippen LogP contribution in [0.3, 0.4) is 0 Å². The van der Waals surface area contributed by atoms with Crippen molar-refractivity contribution in [2.24, 2.45) is 0 Å². The number of anilines is 1. The lowest BCUT2D eigenvalue weighted by Gasteiger charge is -2.15. The van der Waals surface area contributed by atoms with Gasteiger partial charge in [0.25, 0.3) is 5.91 Å². The molecule has 2 aromatic carbocycles. The predicted molar refractivity (Wildman–Crippen MR) is 95.4 cm³/mol. The van der Waals surface area contributed by atoms with Gasteiger partial charge in [-0.15, -0.1) is 0 Å². The van der Waals surface area contributed by atoms with Gasteiger partial charge in [-0.05, 0) is 42.2 Å². The summed E-state index contributed by atoms with van der Waals surface area (Å²) in [5, 5.41) is 11.9. The topological polar surface area (TPSA) is 62.1 Å². The first kappa shape index (κ1) is 17.8. The molecule has 0 fully saturated rings. The van der Waals surface area contributed by atoms with Crippen LogP contribution in [0.4, 0.5) is 5.69 Å². The highest BCUT2D eigenvalue weighted by molar-refractivity contribution is 6.32. The van der Waals surface area contributed by atoms with Crippen molar-refractivity contribution in [1.29, 1.82) is 5.26 Å². The van der Waals surface area contributed by atoms with E-state index in [1.165, 1.54) is 0 Å². The first-order valence-electron chi connectivity index (χ1n) is 7.76. The molecule has 0 saturated carbocycles. The van der Waals surface area contributed by atoms with Gasteiger partial charge in [0.2, 0.25) is 0 Å². The van der Waals surface area contributed by atoms with Crippen molar-refractivity contribution in [3.8, 4) is 11.8 Å². The smallest absolute Gasteiger partial charge is 0.262 e. The zero-order chi connectivity index (χ0) is 17.5. The summed E-state index contributed by atoms with van der Waals surface area (Å²) in [6.45, 7) is 4.15. The Morgan fingerprint density at radius 3 is 2.75 bits per heavy atom. The van der Waals surface area contributed by atoms with Gasteiger partial charge in [-0.3, -0.25) is 4.79 Å². The molecule has 0 aliphatic carbocycles. The Morgan fingerprint density at radius 2 is 2.08 bits per heavy atom. The average Bonchev–Trinajstić information content (AvgIpc) is 2.59. The van der Waals surface area contributed by atoms with Crippen molar-refractivity contribution < 1.29 is 9.53 Å². The van der Waals surface area contributed by atoms with Crippen molar-refractivity contribution in [2.45, 2.75) is 26.2 Å². The summed E-state index contributed by atoms with van der Waals surface area (Å²) < 4.78 is 5.67. The molecule has 4 nitrogen and oxygen atoms in total. The van der Waals surface area contributed by atoms with Crippen LogP contribution in [-0.4, -0.2) is 12.5 Å². The van der Waals surface area contributed by atoms with Crippen LogP contribution in [0.25, 0.3) is 0 Å². The summed E-state index contributed by atoms with van der Waals surface area (Å²) in [6.07, 6.45) is 0.996. The SMILES string of the molecule is CCC(C)c1ccccc1OCC(=O)Nc1ccc(C#N)c(Cl)c1. The van der Waals surface area contributed by atoms with Gasteiger partial charge in [-0.2, -0.15) is 5.26 Å². The number of nitrogens with zero attached hydrogens (tertiary/aromatic N) is 1. The molecule has 0 bridgehead atoms. The normalized spacial score (nSPS) is 11.4. The summed E-state index contributed by atoms with van der Waals surface area (Å²) in [5.74, 6) is 0.802.